The molecule has 0 fully saturated rings. The number of rotatable bonds is 4. The summed E-state index contributed by atoms with van der Waals surface area (Å²) in [6.07, 6.45) is 0.0331. The van der Waals surface area contributed by atoms with Gasteiger partial charge in [0, 0.05) is 34.7 Å². The van der Waals surface area contributed by atoms with Gasteiger partial charge in [-0.15, -0.1) is 0 Å². The van der Waals surface area contributed by atoms with Crippen LogP contribution in [0.15, 0.2) is 65.8 Å². The maximum absolute atomic E-state index is 11.1. The predicted octanol–water partition coefficient (Wildman–Crippen LogP) is 6.15. The van der Waals surface area contributed by atoms with Gasteiger partial charge in [-0.1, -0.05) is 23.2 Å². The fourth-order valence-corrected chi connectivity index (χ4v) is 4.61. The molecule has 9 heteroatoms. The third kappa shape index (κ3) is 3.53. The van der Waals surface area contributed by atoms with Crippen LogP contribution in [-0.4, -0.2) is 22.8 Å². The van der Waals surface area contributed by atoms with Gasteiger partial charge in [0.15, 0.2) is 0 Å². The third-order valence-electron chi connectivity index (χ3n) is 5.62. The first kappa shape index (κ1) is 20.6. The highest BCUT2D eigenvalue weighted by molar-refractivity contribution is 6.35. The van der Waals surface area contributed by atoms with Crippen LogP contribution < -0.4 is 9.47 Å². The fourth-order valence-electron chi connectivity index (χ4n) is 4.05. The first-order valence-electron chi connectivity index (χ1n) is 9.85. The molecule has 2 aliphatic heterocycles. The van der Waals surface area contributed by atoms with Crippen molar-refractivity contribution >= 4 is 34.6 Å². The Labute approximate surface area is 193 Å². The molecule has 5 rings (SSSR count). The first-order chi connectivity index (χ1) is 15.4. The highest BCUT2D eigenvalue weighted by Crippen LogP contribution is 2.50. The minimum atomic E-state index is -0.595. The maximum Gasteiger partial charge on any atom is 0.269 e. The number of hydrogen-bond acceptors (Lipinski definition) is 6. The van der Waals surface area contributed by atoms with Gasteiger partial charge in [0.2, 0.25) is 6.23 Å². The van der Waals surface area contributed by atoms with Crippen LogP contribution in [0.2, 0.25) is 10.0 Å². The van der Waals surface area contributed by atoms with Gasteiger partial charge < -0.3 is 9.47 Å². The van der Waals surface area contributed by atoms with E-state index in [-0.39, 0.29) is 11.7 Å². The molecule has 0 saturated heterocycles. The lowest BCUT2D eigenvalue weighted by atomic mass is 9.95. The van der Waals surface area contributed by atoms with E-state index in [1.165, 1.54) is 12.1 Å². The highest BCUT2D eigenvalue weighted by Gasteiger charge is 2.42. The number of nitro groups is 1. The number of hydrazone groups is 1. The molecule has 3 aromatic rings. The molecule has 32 heavy (non-hydrogen) atoms. The molecule has 0 spiro atoms. The molecule has 162 valence electrons. The van der Waals surface area contributed by atoms with Gasteiger partial charge in [0.1, 0.15) is 11.5 Å². The summed E-state index contributed by atoms with van der Waals surface area (Å²) >= 11 is 12.8. The molecule has 2 atom stereocenters. The van der Waals surface area contributed by atoms with Crippen LogP contribution in [0.25, 0.3) is 0 Å². The summed E-state index contributed by atoms with van der Waals surface area (Å²) in [5, 5.41) is 18.7. The van der Waals surface area contributed by atoms with Crippen LogP contribution in [0.5, 0.6) is 11.5 Å². The van der Waals surface area contributed by atoms with E-state index in [2.05, 4.69) is 0 Å². The molecule has 0 aliphatic carbocycles. The number of benzene rings is 3. The Balaban J connectivity index is 1.58. The second kappa shape index (κ2) is 8.00. The van der Waals surface area contributed by atoms with Gasteiger partial charge in [0.25, 0.3) is 5.69 Å². The van der Waals surface area contributed by atoms with E-state index in [4.69, 9.17) is 37.8 Å². The Hall–Kier alpha value is -3.29. The van der Waals surface area contributed by atoms with Crippen molar-refractivity contribution in [3.63, 3.8) is 0 Å². The van der Waals surface area contributed by atoms with Gasteiger partial charge in [-0.2, -0.15) is 5.10 Å². The largest absolute Gasteiger partial charge is 0.497 e. The van der Waals surface area contributed by atoms with Gasteiger partial charge in [-0.3, -0.25) is 10.1 Å². The van der Waals surface area contributed by atoms with Crippen LogP contribution in [0.3, 0.4) is 0 Å². The van der Waals surface area contributed by atoms with Crippen molar-refractivity contribution in [2.45, 2.75) is 18.7 Å². The molecular weight excluding hydrogens is 453 g/mol. The zero-order valence-electron chi connectivity index (χ0n) is 16.9. The van der Waals surface area contributed by atoms with E-state index >= 15 is 0 Å². The predicted molar refractivity (Wildman–Crippen MR) is 122 cm³/mol. The van der Waals surface area contributed by atoms with Crippen molar-refractivity contribution in [1.82, 2.24) is 5.01 Å². The lowest BCUT2D eigenvalue weighted by molar-refractivity contribution is -0.384. The topological polar surface area (TPSA) is 77.2 Å². The Morgan fingerprint density at radius 2 is 1.84 bits per heavy atom. The van der Waals surface area contributed by atoms with E-state index < -0.39 is 11.2 Å². The number of nitrogens with zero attached hydrogens (tertiary/aromatic N) is 3. The summed E-state index contributed by atoms with van der Waals surface area (Å²) < 4.78 is 11.5. The van der Waals surface area contributed by atoms with Crippen molar-refractivity contribution in [2.75, 3.05) is 7.11 Å². The van der Waals surface area contributed by atoms with Crippen molar-refractivity contribution < 1.29 is 14.4 Å². The smallest absolute Gasteiger partial charge is 0.269 e. The van der Waals surface area contributed by atoms with Crippen molar-refractivity contribution in [1.29, 1.82) is 0 Å². The number of nitro benzene ring substituents is 1. The van der Waals surface area contributed by atoms with Crippen molar-refractivity contribution in [2.24, 2.45) is 5.10 Å². The minimum Gasteiger partial charge on any atom is -0.497 e. The molecule has 0 amide bonds. The summed E-state index contributed by atoms with van der Waals surface area (Å²) in [6.45, 7) is 0. The molecule has 3 aromatic carbocycles. The Morgan fingerprint density at radius 3 is 2.50 bits per heavy atom. The van der Waals surface area contributed by atoms with E-state index in [0.29, 0.717) is 22.2 Å². The molecule has 7 nitrogen and oxygen atoms in total. The second-order valence-corrected chi connectivity index (χ2v) is 8.34. The monoisotopic (exact) mass is 469 g/mol. The van der Waals surface area contributed by atoms with E-state index in [1.54, 1.807) is 25.3 Å². The molecule has 0 saturated carbocycles. The van der Waals surface area contributed by atoms with Gasteiger partial charge in [0.05, 0.1) is 28.8 Å². The second-order valence-electron chi connectivity index (χ2n) is 7.50. The van der Waals surface area contributed by atoms with E-state index in [0.717, 1.165) is 28.2 Å². The van der Waals surface area contributed by atoms with Crippen LogP contribution in [0, 0.1) is 10.1 Å². The van der Waals surface area contributed by atoms with Crippen LogP contribution in [0.1, 0.15) is 35.4 Å². The quantitative estimate of drug-likeness (QED) is 0.338. The average Bonchev–Trinajstić information content (AvgIpc) is 3.25. The van der Waals surface area contributed by atoms with Crippen LogP contribution >= 0.6 is 23.2 Å². The summed E-state index contributed by atoms with van der Waals surface area (Å²) in [7, 11) is 1.62. The summed E-state index contributed by atoms with van der Waals surface area (Å²) in [5.74, 6) is 1.31. The molecule has 2 aliphatic rings. The highest BCUT2D eigenvalue weighted by atomic mass is 35.5. The Bertz CT molecular complexity index is 1230. The van der Waals surface area contributed by atoms with Crippen molar-refractivity contribution in [3.8, 4) is 11.5 Å². The van der Waals surface area contributed by atoms with Crippen molar-refractivity contribution in [3.05, 3.63) is 97.5 Å². The number of non-ortho nitro benzene ring substituents is 1. The summed E-state index contributed by atoms with van der Waals surface area (Å²) in [4.78, 5) is 10.6. The molecule has 0 bridgehead atoms. The zero-order valence-corrected chi connectivity index (χ0v) is 18.4. The fraction of sp³-hybridized carbons (Fsp3) is 0.174. The molecule has 0 aromatic heterocycles. The maximum atomic E-state index is 11.1. The first-order valence-corrected chi connectivity index (χ1v) is 10.6. The van der Waals surface area contributed by atoms with Crippen LogP contribution in [-0.2, 0) is 0 Å². The normalized spacial score (nSPS) is 19.0. The summed E-state index contributed by atoms with van der Waals surface area (Å²) in [6, 6.07) is 17.3. The Morgan fingerprint density at radius 1 is 1.12 bits per heavy atom. The number of hydrogen-bond donors (Lipinski definition) is 0. The third-order valence-corrected chi connectivity index (χ3v) is 6.12. The number of halogens is 2. The number of ether oxygens (including phenoxy) is 2. The Kier molecular flexibility index (Phi) is 5.15. The molecular formula is C23H17Cl2N3O4. The minimum absolute atomic E-state index is 0.00942. The van der Waals surface area contributed by atoms with E-state index in [1.807, 2.05) is 35.3 Å². The average molecular weight is 470 g/mol. The number of methoxy groups -OCH3 is 1. The SMILES string of the molecule is COc1ccc(C2=NN3[C@@H](C2)c2cc(Cl)cc(Cl)c2O[C@H]3c2ccc([N+](=O)[O-])cc2)cc1. The van der Waals surface area contributed by atoms with Gasteiger partial charge in [-0.25, -0.2) is 5.01 Å². The van der Waals surface area contributed by atoms with E-state index in [9.17, 15) is 10.1 Å². The lowest BCUT2D eigenvalue weighted by Crippen LogP contribution is -2.33. The molecule has 0 N–H and O–H groups in total. The van der Waals surface area contributed by atoms with Gasteiger partial charge in [-0.05, 0) is 54.1 Å². The van der Waals surface area contributed by atoms with Crippen LogP contribution in [0.4, 0.5) is 5.69 Å². The lowest BCUT2D eigenvalue weighted by Gasteiger charge is -2.38. The zero-order chi connectivity index (χ0) is 22.4. The molecule has 2 heterocycles. The molecule has 0 radical (unpaired) electrons. The number of fused-ring (bicyclic) bond motifs is 3. The molecule has 0 unspecified atom stereocenters. The summed E-state index contributed by atoms with van der Waals surface area (Å²) in [5.41, 5.74) is 3.45. The van der Waals surface area contributed by atoms with Gasteiger partial charge >= 0.3 is 0 Å². The standard InChI is InChI=1S/C23H17Cl2N3O4/c1-31-17-8-4-13(5-9-17)20-12-21-18-10-15(24)11-19(25)22(18)32-23(27(21)26-20)14-2-6-16(7-3-14)28(29)30/h2-11,21,23H,12H2,1H3/t21-,23-/m0/s1.